The van der Waals surface area contributed by atoms with E-state index in [1.165, 1.54) is 13.0 Å². The lowest BCUT2D eigenvalue weighted by Crippen LogP contribution is -1.94. The highest BCUT2D eigenvalue weighted by molar-refractivity contribution is 4.77. The van der Waals surface area contributed by atoms with Gasteiger partial charge in [-0.3, -0.25) is 0 Å². The van der Waals surface area contributed by atoms with E-state index in [1.807, 2.05) is 0 Å². The SMILES string of the molecule is CC(C#N)OF. The molecule has 0 spiro atoms. The van der Waals surface area contributed by atoms with Gasteiger partial charge in [0.25, 0.3) is 0 Å². The first-order chi connectivity index (χ1) is 2.81. The predicted octanol–water partition coefficient (Wildman–Crippen LogP) is 0.800. The van der Waals surface area contributed by atoms with E-state index in [0.29, 0.717) is 0 Å². The van der Waals surface area contributed by atoms with E-state index < -0.39 is 6.10 Å². The Hall–Kier alpha value is -0.620. The van der Waals surface area contributed by atoms with Crippen LogP contribution >= 0.6 is 0 Å². The Bertz CT molecular complexity index is 67.7. The molecule has 0 fully saturated rings. The normalized spacial score (nSPS) is 12.8. The van der Waals surface area contributed by atoms with Crippen LogP contribution in [0.1, 0.15) is 6.92 Å². The Morgan fingerprint density at radius 3 is 2.50 bits per heavy atom. The van der Waals surface area contributed by atoms with Crippen molar-refractivity contribution in [3.63, 3.8) is 0 Å². The number of hydrogen-bond donors (Lipinski definition) is 0. The van der Waals surface area contributed by atoms with Crippen molar-refractivity contribution >= 4 is 0 Å². The zero-order valence-corrected chi connectivity index (χ0v) is 3.31. The summed E-state index contributed by atoms with van der Waals surface area (Å²) in [5, 5.41) is 7.72. The molecule has 0 aliphatic heterocycles. The van der Waals surface area contributed by atoms with E-state index >= 15 is 0 Å². The quantitative estimate of drug-likeness (QED) is 0.476. The van der Waals surface area contributed by atoms with Gasteiger partial charge in [-0.25, -0.2) is 0 Å². The second-order valence-corrected chi connectivity index (χ2v) is 0.860. The molecule has 6 heavy (non-hydrogen) atoms. The first-order valence-electron chi connectivity index (χ1n) is 1.48. The van der Waals surface area contributed by atoms with Crippen LogP contribution in [-0.4, -0.2) is 6.10 Å². The molecule has 0 bridgehead atoms. The first-order valence-corrected chi connectivity index (χ1v) is 1.48. The summed E-state index contributed by atoms with van der Waals surface area (Å²) in [6.45, 7) is 1.32. The van der Waals surface area contributed by atoms with Crippen molar-refractivity contribution < 1.29 is 9.47 Å². The minimum Gasteiger partial charge on any atom is -0.195 e. The van der Waals surface area contributed by atoms with Crippen LogP contribution in [0, 0.1) is 11.3 Å². The summed E-state index contributed by atoms with van der Waals surface area (Å²) in [5.74, 6) is 0. The highest BCUT2D eigenvalue weighted by Gasteiger charge is 1.93. The van der Waals surface area contributed by atoms with Crippen LogP contribution < -0.4 is 0 Å². The van der Waals surface area contributed by atoms with Gasteiger partial charge in [0, 0.05) is 0 Å². The van der Waals surface area contributed by atoms with Crippen molar-refractivity contribution in [2.45, 2.75) is 13.0 Å². The van der Waals surface area contributed by atoms with E-state index in [4.69, 9.17) is 5.26 Å². The van der Waals surface area contributed by atoms with E-state index in [1.54, 1.807) is 0 Å². The lowest BCUT2D eigenvalue weighted by Gasteiger charge is -1.84. The topological polar surface area (TPSA) is 33.0 Å². The molecule has 0 saturated heterocycles. The molecule has 0 aliphatic rings. The maximum absolute atomic E-state index is 10.7. The van der Waals surface area contributed by atoms with E-state index in [9.17, 15) is 4.53 Å². The van der Waals surface area contributed by atoms with Crippen molar-refractivity contribution in [2.75, 3.05) is 0 Å². The van der Waals surface area contributed by atoms with E-state index in [2.05, 4.69) is 4.94 Å². The third kappa shape index (κ3) is 1.68. The van der Waals surface area contributed by atoms with Crippen molar-refractivity contribution in [1.29, 1.82) is 5.26 Å². The molecule has 0 saturated carbocycles. The third-order valence-electron chi connectivity index (χ3n) is 0.315. The number of nitrogens with zero attached hydrogens (tertiary/aromatic N) is 1. The van der Waals surface area contributed by atoms with Crippen molar-refractivity contribution in [3.8, 4) is 6.07 Å². The highest BCUT2D eigenvalue weighted by atomic mass is 19.3. The molecule has 0 rings (SSSR count). The van der Waals surface area contributed by atoms with Crippen molar-refractivity contribution in [3.05, 3.63) is 0 Å². The Morgan fingerprint density at radius 1 is 2.00 bits per heavy atom. The standard InChI is InChI=1S/C3H4FNO/c1-3(2-5)6-4/h3H,1H3. The Balaban J connectivity index is 3.04. The van der Waals surface area contributed by atoms with Gasteiger partial charge < -0.3 is 0 Å². The van der Waals surface area contributed by atoms with Gasteiger partial charge in [0.05, 0.1) is 6.07 Å². The van der Waals surface area contributed by atoms with Crippen LogP contribution in [-0.2, 0) is 4.94 Å². The van der Waals surface area contributed by atoms with Crippen LogP contribution in [0.25, 0.3) is 0 Å². The van der Waals surface area contributed by atoms with Crippen molar-refractivity contribution in [1.82, 2.24) is 0 Å². The molecule has 1 unspecified atom stereocenters. The van der Waals surface area contributed by atoms with Crippen molar-refractivity contribution in [2.24, 2.45) is 0 Å². The summed E-state index contributed by atoms with van der Waals surface area (Å²) in [7, 11) is 0. The largest absolute Gasteiger partial charge is 0.195 e. The summed E-state index contributed by atoms with van der Waals surface area (Å²) in [5.41, 5.74) is 0. The maximum Gasteiger partial charge on any atom is 0.181 e. The summed E-state index contributed by atoms with van der Waals surface area (Å²) in [6.07, 6.45) is -0.926. The zero-order chi connectivity index (χ0) is 4.99. The summed E-state index contributed by atoms with van der Waals surface area (Å²) >= 11 is 0. The molecule has 0 aromatic heterocycles. The molecule has 34 valence electrons. The molecule has 0 amide bonds. The van der Waals surface area contributed by atoms with Gasteiger partial charge in [-0.2, -0.15) is 10.2 Å². The number of rotatable bonds is 1. The minimum absolute atomic E-state index is 0.926. The van der Waals surface area contributed by atoms with Gasteiger partial charge in [-0.05, 0) is 11.4 Å². The molecule has 0 aromatic carbocycles. The summed E-state index contributed by atoms with van der Waals surface area (Å²) < 4.78 is 10.7. The highest BCUT2D eigenvalue weighted by Crippen LogP contribution is 1.83. The average molecular weight is 89.1 g/mol. The monoisotopic (exact) mass is 89.0 g/mol. The smallest absolute Gasteiger partial charge is 0.181 e. The molecule has 0 radical (unpaired) electrons. The van der Waals surface area contributed by atoms with E-state index in [0.717, 1.165) is 0 Å². The van der Waals surface area contributed by atoms with Gasteiger partial charge in [-0.15, -0.1) is 0 Å². The fraction of sp³-hybridized carbons (Fsp3) is 0.667. The van der Waals surface area contributed by atoms with Crippen LogP contribution in [0.4, 0.5) is 4.53 Å². The average Bonchev–Trinajstić information content (AvgIpc) is 1.65. The Labute approximate surface area is 35.0 Å². The molecule has 0 N–H and O–H groups in total. The third-order valence-corrected chi connectivity index (χ3v) is 0.315. The van der Waals surface area contributed by atoms with Gasteiger partial charge in [-0.1, -0.05) is 0 Å². The summed E-state index contributed by atoms with van der Waals surface area (Å²) in [4.78, 5) is 3.04. The van der Waals surface area contributed by atoms with Crippen LogP contribution in [0.15, 0.2) is 0 Å². The molecule has 1 atom stereocenters. The lowest BCUT2D eigenvalue weighted by molar-refractivity contribution is -0.152. The second-order valence-electron chi connectivity index (χ2n) is 0.860. The fourth-order valence-electron chi connectivity index (χ4n) is 0.0199. The van der Waals surface area contributed by atoms with Gasteiger partial charge in [0.15, 0.2) is 6.10 Å². The van der Waals surface area contributed by atoms with E-state index in [-0.39, 0.29) is 0 Å². The zero-order valence-electron chi connectivity index (χ0n) is 3.31. The molecular weight excluding hydrogens is 85.0 g/mol. The van der Waals surface area contributed by atoms with Gasteiger partial charge >= 0.3 is 0 Å². The summed E-state index contributed by atoms with van der Waals surface area (Å²) in [6, 6.07) is 1.52. The lowest BCUT2D eigenvalue weighted by atomic mass is 10.5. The molecule has 0 aromatic rings. The van der Waals surface area contributed by atoms with Gasteiger partial charge in [0.1, 0.15) is 0 Å². The Morgan fingerprint density at radius 2 is 2.50 bits per heavy atom. The number of halogens is 1. The molecule has 0 heterocycles. The number of nitriles is 1. The van der Waals surface area contributed by atoms with Crippen LogP contribution in [0.3, 0.4) is 0 Å². The maximum atomic E-state index is 10.7. The number of hydrogen-bond acceptors (Lipinski definition) is 2. The molecule has 0 aliphatic carbocycles. The Kier molecular flexibility index (Phi) is 2.34. The predicted molar refractivity (Wildman–Crippen MR) is 17.3 cm³/mol. The fourth-order valence-corrected chi connectivity index (χ4v) is 0.0199. The molecule has 3 heteroatoms. The molecular formula is C3H4FNO. The molecule has 2 nitrogen and oxygen atoms in total. The first kappa shape index (κ1) is 5.38. The second kappa shape index (κ2) is 2.61. The van der Waals surface area contributed by atoms with Crippen LogP contribution in [0.2, 0.25) is 0 Å². The minimum atomic E-state index is -0.926. The van der Waals surface area contributed by atoms with Gasteiger partial charge in [0.2, 0.25) is 0 Å². The van der Waals surface area contributed by atoms with Crippen LogP contribution in [0.5, 0.6) is 0 Å².